The summed E-state index contributed by atoms with van der Waals surface area (Å²) in [5.74, 6) is 2.08. The molecule has 1 aliphatic heterocycles. The number of thioether (sulfide) groups is 1. The van der Waals surface area contributed by atoms with Gasteiger partial charge in [0.1, 0.15) is 11.4 Å². The fourth-order valence-corrected chi connectivity index (χ4v) is 4.89. The minimum absolute atomic E-state index is 0.401. The molecule has 0 aromatic heterocycles. The normalized spacial score (nSPS) is 19.7. The molecule has 0 spiro atoms. The Hall–Kier alpha value is -1.36. The quantitative estimate of drug-likeness (QED) is 0.630. The molecule has 0 saturated heterocycles. The van der Waals surface area contributed by atoms with E-state index in [4.69, 9.17) is 9.47 Å². The second-order valence-corrected chi connectivity index (χ2v) is 8.83. The number of rotatable bonds is 7. The first kappa shape index (κ1) is 18.4. The van der Waals surface area contributed by atoms with E-state index in [1.165, 1.54) is 44.3 Å². The zero-order valence-electron chi connectivity index (χ0n) is 15.3. The Morgan fingerprint density at radius 1 is 1.24 bits per heavy atom. The average molecular weight is 364 g/mol. The maximum atomic E-state index is 11.5. The molecule has 0 bridgehead atoms. The van der Waals surface area contributed by atoms with Crippen LogP contribution in [0.5, 0.6) is 5.75 Å². The first-order chi connectivity index (χ1) is 12.0. The van der Waals surface area contributed by atoms with E-state index in [0.29, 0.717) is 0 Å². The summed E-state index contributed by atoms with van der Waals surface area (Å²) in [5.41, 5.74) is 1.13. The van der Waals surface area contributed by atoms with Crippen molar-refractivity contribution in [1.82, 2.24) is 0 Å². The van der Waals surface area contributed by atoms with Crippen molar-refractivity contribution in [3.8, 4) is 5.75 Å². The van der Waals surface area contributed by atoms with Crippen LogP contribution in [0.1, 0.15) is 64.4 Å². The van der Waals surface area contributed by atoms with Crippen LogP contribution in [0.2, 0.25) is 0 Å². The molecule has 1 aromatic rings. The molecular weight excluding hydrogens is 334 g/mol. The minimum Gasteiger partial charge on any atom is -0.494 e. The lowest BCUT2D eigenvalue weighted by atomic mass is 9.94. The van der Waals surface area contributed by atoms with Gasteiger partial charge in [-0.15, -0.1) is 0 Å². The highest BCUT2D eigenvalue weighted by molar-refractivity contribution is 7.99. The molecule has 1 heterocycles. The SMILES string of the molecule is CC1(C)OC(=O)Nc2ccc(OCCCCSC3CCCCC3)cc21. The molecule has 4 nitrogen and oxygen atoms in total. The monoisotopic (exact) mass is 363 g/mol. The number of amides is 1. The molecule has 3 rings (SSSR count). The predicted molar refractivity (Wildman–Crippen MR) is 104 cm³/mol. The number of carbonyl (C=O) groups excluding carboxylic acids is 1. The molecule has 1 saturated carbocycles. The summed E-state index contributed by atoms with van der Waals surface area (Å²) in [6.07, 6.45) is 8.96. The maximum absolute atomic E-state index is 11.5. The fourth-order valence-electron chi connectivity index (χ4n) is 3.52. The summed E-state index contributed by atoms with van der Waals surface area (Å²) in [7, 11) is 0. The number of hydrogen-bond acceptors (Lipinski definition) is 4. The van der Waals surface area contributed by atoms with Gasteiger partial charge in [0.25, 0.3) is 0 Å². The molecule has 1 amide bonds. The Labute approximate surface area is 155 Å². The summed E-state index contributed by atoms with van der Waals surface area (Å²) in [6.45, 7) is 4.53. The van der Waals surface area contributed by atoms with E-state index in [2.05, 4.69) is 17.1 Å². The second-order valence-electron chi connectivity index (χ2n) is 7.42. The summed E-state index contributed by atoms with van der Waals surface area (Å²) < 4.78 is 11.3. The second kappa shape index (κ2) is 8.35. The number of ether oxygens (including phenoxy) is 2. The number of unbranched alkanes of at least 4 members (excludes halogenated alkanes) is 1. The molecule has 1 N–H and O–H groups in total. The summed E-state index contributed by atoms with van der Waals surface area (Å²) >= 11 is 2.15. The van der Waals surface area contributed by atoms with Gasteiger partial charge >= 0.3 is 6.09 Å². The zero-order chi connectivity index (χ0) is 17.7. The van der Waals surface area contributed by atoms with Crippen molar-refractivity contribution in [2.24, 2.45) is 0 Å². The largest absolute Gasteiger partial charge is 0.494 e. The van der Waals surface area contributed by atoms with Gasteiger partial charge in [-0.1, -0.05) is 19.3 Å². The first-order valence-electron chi connectivity index (χ1n) is 9.43. The summed E-state index contributed by atoms with van der Waals surface area (Å²) in [5, 5.41) is 3.63. The predicted octanol–water partition coefficient (Wildman–Crippen LogP) is 5.71. The van der Waals surface area contributed by atoms with Gasteiger partial charge < -0.3 is 9.47 Å². The van der Waals surface area contributed by atoms with Crippen molar-refractivity contribution in [3.05, 3.63) is 23.8 Å². The van der Waals surface area contributed by atoms with Crippen LogP contribution in [0.15, 0.2) is 18.2 Å². The Morgan fingerprint density at radius 3 is 2.84 bits per heavy atom. The van der Waals surface area contributed by atoms with Gasteiger partial charge in [-0.3, -0.25) is 5.32 Å². The molecule has 1 aromatic carbocycles. The van der Waals surface area contributed by atoms with Gasteiger partial charge in [-0.05, 0) is 63.5 Å². The van der Waals surface area contributed by atoms with Crippen molar-refractivity contribution >= 4 is 23.5 Å². The van der Waals surface area contributed by atoms with Gasteiger partial charge in [0.2, 0.25) is 0 Å². The molecule has 0 radical (unpaired) electrons. The molecule has 0 atom stereocenters. The first-order valence-corrected chi connectivity index (χ1v) is 10.5. The van der Waals surface area contributed by atoms with Crippen LogP contribution in [-0.2, 0) is 10.3 Å². The Balaban J connectivity index is 1.41. The molecular formula is C20H29NO3S. The van der Waals surface area contributed by atoms with Crippen molar-refractivity contribution in [2.75, 3.05) is 17.7 Å². The van der Waals surface area contributed by atoms with E-state index < -0.39 is 11.7 Å². The van der Waals surface area contributed by atoms with E-state index >= 15 is 0 Å². The number of anilines is 1. The summed E-state index contributed by atoms with van der Waals surface area (Å²) in [4.78, 5) is 11.5. The van der Waals surface area contributed by atoms with Crippen molar-refractivity contribution < 1.29 is 14.3 Å². The van der Waals surface area contributed by atoms with Gasteiger partial charge in [0.15, 0.2) is 0 Å². The van der Waals surface area contributed by atoms with Crippen LogP contribution in [-0.4, -0.2) is 23.7 Å². The highest BCUT2D eigenvalue weighted by Gasteiger charge is 2.33. The van der Waals surface area contributed by atoms with Gasteiger partial charge in [-0.25, -0.2) is 4.79 Å². The van der Waals surface area contributed by atoms with Gasteiger partial charge in [0, 0.05) is 10.8 Å². The van der Waals surface area contributed by atoms with E-state index in [0.717, 1.165) is 35.3 Å². The van der Waals surface area contributed by atoms with Crippen LogP contribution in [0.4, 0.5) is 10.5 Å². The minimum atomic E-state index is -0.631. The third-order valence-corrected chi connectivity index (χ3v) is 6.40. The van der Waals surface area contributed by atoms with E-state index in [1.54, 1.807) is 0 Å². The van der Waals surface area contributed by atoms with Crippen LogP contribution in [0.3, 0.4) is 0 Å². The van der Waals surface area contributed by atoms with Crippen LogP contribution in [0.25, 0.3) is 0 Å². The smallest absolute Gasteiger partial charge is 0.412 e. The number of nitrogens with one attached hydrogen (secondary N) is 1. The van der Waals surface area contributed by atoms with Gasteiger partial charge in [-0.2, -0.15) is 11.8 Å². The zero-order valence-corrected chi connectivity index (χ0v) is 16.1. The number of carbonyl (C=O) groups is 1. The Morgan fingerprint density at radius 2 is 2.04 bits per heavy atom. The summed E-state index contributed by atoms with van der Waals surface area (Å²) in [6, 6.07) is 5.79. The number of fused-ring (bicyclic) bond motifs is 1. The standard InChI is InChI=1S/C20H29NO3S/c1-20(2)17-14-15(10-11-18(17)21-19(22)24-20)23-12-6-7-13-25-16-8-4-3-5-9-16/h10-11,14,16H,3-9,12-13H2,1-2H3,(H,21,22). The molecule has 1 aliphatic carbocycles. The Kier molecular flexibility index (Phi) is 6.15. The Bertz CT molecular complexity index is 597. The van der Waals surface area contributed by atoms with Crippen molar-refractivity contribution in [2.45, 2.75) is 69.6 Å². The number of benzene rings is 1. The molecule has 1 fully saturated rings. The van der Waals surface area contributed by atoms with Crippen molar-refractivity contribution in [3.63, 3.8) is 0 Å². The van der Waals surface area contributed by atoms with Crippen LogP contribution >= 0.6 is 11.8 Å². The molecule has 2 aliphatic rings. The third kappa shape index (κ3) is 5.06. The van der Waals surface area contributed by atoms with E-state index in [-0.39, 0.29) is 0 Å². The highest BCUT2D eigenvalue weighted by Crippen LogP contribution is 2.37. The maximum Gasteiger partial charge on any atom is 0.412 e. The van der Waals surface area contributed by atoms with Gasteiger partial charge in [0.05, 0.1) is 12.3 Å². The molecule has 0 unspecified atom stereocenters. The van der Waals surface area contributed by atoms with E-state index in [9.17, 15) is 4.79 Å². The fraction of sp³-hybridized carbons (Fsp3) is 0.650. The van der Waals surface area contributed by atoms with Crippen molar-refractivity contribution in [1.29, 1.82) is 0 Å². The highest BCUT2D eigenvalue weighted by atomic mass is 32.2. The molecule has 25 heavy (non-hydrogen) atoms. The average Bonchev–Trinajstić information content (AvgIpc) is 2.58. The lowest BCUT2D eigenvalue weighted by Crippen LogP contribution is -2.34. The lowest BCUT2D eigenvalue weighted by molar-refractivity contribution is 0.0418. The molecule has 138 valence electrons. The van der Waals surface area contributed by atoms with E-state index in [1.807, 2.05) is 32.0 Å². The molecule has 5 heteroatoms. The third-order valence-electron chi connectivity index (χ3n) is 4.94. The number of hydrogen-bond donors (Lipinski definition) is 1. The topological polar surface area (TPSA) is 47.6 Å². The van der Waals surface area contributed by atoms with Crippen LogP contribution in [0, 0.1) is 0 Å². The lowest BCUT2D eigenvalue weighted by Gasteiger charge is -2.32. The number of cyclic esters (lactones) is 1. The van der Waals surface area contributed by atoms with Crippen LogP contribution < -0.4 is 10.1 Å².